The van der Waals surface area contributed by atoms with Crippen LogP contribution in [0.2, 0.25) is 0 Å². The molecule has 1 heterocycles. The van der Waals surface area contributed by atoms with Crippen molar-refractivity contribution in [2.45, 2.75) is 12.5 Å². The molecule has 1 aliphatic rings. The van der Waals surface area contributed by atoms with Crippen LogP contribution < -0.4 is 19.7 Å². The summed E-state index contributed by atoms with van der Waals surface area (Å²) in [5.41, 5.74) is 1.22. The number of hydrogen-bond acceptors (Lipinski definition) is 5. The summed E-state index contributed by atoms with van der Waals surface area (Å²) in [7, 11) is 3.11. The second kappa shape index (κ2) is 6.62. The number of hydrogen-bond donors (Lipinski definition) is 1. The van der Waals surface area contributed by atoms with Crippen molar-refractivity contribution in [2.24, 2.45) is 0 Å². The molecule has 0 bridgehead atoms. The molecular weight excluding hydrogens is 308 g/mol. The molecule has 0 spiro atoms. The van der Waals surface area contributed by atoms with E-state index in [9.17, 15) is 9.59 Å². The summed E-state index contributed by atoms with van der Waals surface area (Å²) in [6, 6.07) is 13.5. The van der Waals surface area contributed by atoms with Gasteiger partial charge in [-0.05, 0) is 24.3 Å². The molecule has 6 heteroatoms. The molecule has 6 nitrogen and oxygen atoms in total. The number of rotatable bonds is 5. The van der Waals surface area contributed by atoms with Gasteiger partial charge in [0.15, 0.2) is 0 Å². The highest BCUT2D eigenvalue weighted by Gasteiger charge is 2.39. The van der Waals surface area contributed by atoms with Crippen LogP contribution in [0.4, 0.5) is 11.4 Å². The van der Waals surface area contributed by atoms with Gasteiger partial charge in [-0.15, -0.1) is 0 Å². The van der Waals surface area contributed by atoms with Crippen LogP contribution in [0.3, 0.4) is 0 Å². The molecule has 1 atom stereocenters. The van der Waals surface area contributed by atoms with E-state index in [1.165, 1.54) is 12.0 Å². The number of carbonyl (C=O) groups excluding carboxylic acids is 2. The fraction of sp³-hybridized carbons (Fsp3) is 0.222. The van der Waals surface area contributed by atoms with Gasteiger partial charge in [-0.1, -0.05) is 18.2 Å². The van der Waals surface area contributed by atoms with Crippen LogP contribution >= 0.6 is 0 Å². The van der Waals surface area contributed by atoms with E-state index in [0.717, 1.165) is 0 Å². The molecule has 1 aliphatic heterocycles. The lowest BCUT2D eigenvalue weighted by atomic mass is 10.2. The fourth-order valence-corrected chi connectivity index (χ4v) is 2.70. The molecule has 1 N–H and O–H groups in total. The van der Waals surface area contributed by atoms with Gasteiger partial charge in [0.1, 0.15) is 17.5 Å². The van der Waals surface area contributed by atoms with E-state index in [1.807, 2.05) is 6.07 Å². The van der Waals surface area contributed by atoms with Crippen molar-refractivity contribution in [3.05, 3.63) is 48.5 Å². The van der Waals surface area contributed by atoms with Gasteiger partial charge in [-0.25, -0.2) is 4.90 Å². The van der Waals surface area contributed by atoms with E-state index in [4.69, 9.17) is 9.47 Å². The lowest BCUT2D eigenvalue weighted by molar-refractivity contribution is -0.121. The molecule has 0 unspecified atom stereocenters. The zero-order valence-corrected chi connectivity index (χ0v) is 13.5. The maximum atomic E-state index is 12.6. The number of para-hydroxylation sites is 1. The lowest BCUT2D eigenvalue weighted by Crippen LogP contribution is -2.34. The molecule has 124 valence electrons. The summed E-state index contributed by atoms with van der Waals surface area (Å²) in [6.45, 7) is 0. The highest BCUT2D eigenvalue weighted by atomic mass is 16.5. The first-order valence-electron chi connectivity index (χ1n) is 7.54. The molecule has 2 aromatic carbocycles. The van der Waals surface area contributed by atoms with E-state index >= 15 is 0 Å². The van der Waals surface area contributed by atoms with Gasteiger partial charge in [0.25, 0.3) is 5.91 Å². The third-order valence-corrected chi connectivity index (χ3v) is 3.90. The third-order valence-electron chi connectivity index (χ3n) is 3.90. The smallest absolute Gasteiger partial charge is 0.256 e. The Morgan fingerprint density at radius 3 is 2.46 bits per heavy atom. The van der Waals surface area contributed by atoms with Crippen LogP contribution in [0.5, 0.6) is 11.5 Å². The van der Waals surface area contributed by atoms with E-state index in [2.05, 4.69) is 5.32 Å². The van der Waals surface area contributed by atoms with Crippen molar-refractivity contribution in [3.63, 3.8) is 0 Å². The van der Waals surface area contributed by atoms with Crippen LogP contribution in [0.1, 0.15) is 6.42 Å². The summed E-state index contributed by atoms with van der Waals surface area (Å²) in [4.78, 5) is 26.1. The van der Waals surface area contributed by atoms with Crippen molar-refractivity contribution in [3.8, 4) is 11.5 Å². The highest BCUT2D eigenvalue weighted by Crippen LogP contribution is 2.32. The number of carbonyl (C=O) groups is 2. The summed E-state index contributed by atoms with van der Waals surface area (Å²) >= 11 is 0. The van der Waals surface area contributed by atoms with Crippen LogP contribution in [0, 0.1) is 0 Å². The largest absolute Gasteiger partial charge is 0.497 e. The molecular formula is C18H18N2O4. The normalized spacial score (nSPS) is 17.1. The standard InChI is InChI=1S/C18H18N2O4/c1-23-13-8-9-14(16(10-13)24-2)19-15-11-17(21)20(18(15)22)12-6-4-3-5-7-12/h3-10,15,19H,11H2,1-2H3/t15-/m1/s1. The zero-order valence-electron chi connectivity index (χ0n) is 13.5. The Morgan fingerprint density at radius 2 is 1.79 bits per heavy atom. The first-order chi connectivity index (χ1) is 11.6. The second-order valence-electron chi connectivity index (χ2n) is 5.37. The third kappa shape index (κ3) is 2.90. The number of methoxy groups -OCH3 is 2. The van der Waals surface area contributed by atoms with E-state index in [1.54, 1.807) is 49.6 Å². The molecule has 0 radical (unpaired) electrons. The van der Waals surface area contributed by atoms with Gasteiger partial charge in [0, 0.05) is 6.07 Å². The monoisotopic (exact) mass is 326 g/mol. The Hall–Kier alpha value is -3.02. The number of amides is 2. The van der Waals surface area contributed by atoms with Gasteiger partial charge in [0.2, 0.25) is 5.91 Å². The minimum Gasteiger partial charge on any atom is -0.497 e. The molecule has 2 aromatic rings. The van der Waals surface area contributed by atoms with Crippen molar-refractivity contribution >= 4 is 23.2 Å². The molecule has 3 rings (SSSR count). The fourth-order valence-electron chi connectivity index (χ4n) is 2.70. The molecule has 1 fully saturated rings. The zero-order chi connectivity index (χ0) is 17.1. The molecule has 1 saturated heterocycles. The second-order valence-corrected chi connectivity index (χ2v) is 5.37. The number of benzene rings is 2. The maximum Gasteiger partial charge on any atom is 0.256 e. The molecule has 24 heavy (non-hydrogen) atoms. The number of imide groups is 1. The summed E-state index contributed by atoms with van der Waals surface area (Å²) in [5, 5.41) is 3.10. The Bertz CT molecular complexity index is 761. The Labute approximate surface area is 140 Å². The topological polar surface area (TPSA) is 67.9 Å². The summed E-state index contributed by atoms with van der Waals surface area (Å²) in [6.07, 6.45) is 0.100. The van der Waals surface area contributed by atoms with E-state index < -0.39 is 6.04 Å². The average molecular weight is 326 g/mol. The van der Waals surface area contributed by atoms with Crippen molar-refractivity contribution in [1.29, 1.82) is 0 Å². The highest BCUT2D eigenvalue weighted by molar-refractivity contribution is 6.23. The number of nitrogens with zero attached hydrogens (tertiary/aromatic N) is 1. The van der Waals surface area contributed by atoms with Crippen molar-refractivity contribution in [2.75, 3.05) is 24.4 Å². The van der Waals surface area contributed by atoms with Crippen LogP contribution in [-0.4, -0.2) is 32.1 Å². The van der Waals surface area contributed by atoms with Gasteiger partial charge in [-0.2, -0.15) is 0 Å². The SMILES string of the molecule is COc1ccc(N[C@@H]2CC(=O)N(c3ccccc3)C2=O)c(OC)c1. The summed E-state index contributed by atoms with van der Waals surface area (Å²) < 4.78 is 10.5. The van der Waals surface area contributed by atoms with Gasteiger partial charge >= 0.3 is 0 Å². The van der Waals surface area contributed by atoms with Crippen LogP contribution in [-0.2, 0) is 9.59 Å². The quantitative estimate of drug-likeness (QED) is 0.855. The molecule has 0 aromatic heterocycles. The summed E-state index contributed by atoms with van der Waals surface area (Å²) in [5.74, 6) is 0.699. The van der Waals surface area contributed by atoms with E-state index in [-0.39, 0.29) is 18.2 Å². The number of nitrogens with one attached hydrogen (secondary N) is 1. The van der Waals surface area contributed by atoms with Crippen LogP contribution in [0.25, 0.3) is 0 Å². The number of anilines is 2. The van der Waals surface area contributed by atoms with Crippen molar-refractivity contribution in [1.82, 2.24) is 0 Å². The van der Waals surface area contributed by atoms with Gasteiger partial charge in [0.05, 0.1) is 32.0 Å². The Balaban J connectivity index is 1.82. The minimum atomic E-state index is -0.625. The Morgan fingerprint density at radius 1 is 1.04 bits per heavy atom. The minimum absolute atomic E-state index is 0.100. The molecule has 0 saturated carbocycles. The van der Waals surface area contributed by atoms with Gasteiger partial charge in [-0.3, -0.25) is 9.59 Å². The first kappa shape index (κ1) is 15.9. The lowest BCUT2D eigenvalue weighted by Gasteiger charge is -2.17. The van der Waals surface area contributed by atoms with Gasteiger partial charge < -0.3 is 14.8 Å². The maximum absolute atomic E-state index is 12.6. The van der Waals surface area contributed by atoms with Crippen molar-refractivity contribution < 1.29 is 19.1 Å². The first-order valence-corrected chi connectivity index (χ1v) is 7.54. The average Bonchev–Trinajstić information content (AvgIpc) is 2.89. The predicted molar refractivity (Wildman–Crippen MR) is 90.5 cm³/mol. The molecule has 0 aliphatic carbocycles. The molecule has 2 amide bonds. The van der Waals surface area contributed by atoms with E-state index in [0.29, 0.717) is 22.9 Å². The predicted octanol–water partition coefficient (Wildman–Crippen LogP) is 2.45. The van der Waals surface area contributed by atoms with Crippen LogP contribution in [0.15, 0.2) is 48.5 Å². The Kier molecular flexibility index (Phi) is 4.37. The number of ether oxygens (including phenoxy) is 2.